The maximum absolute atomic E-state index is 5.65. The first-order valence-electron chi connectivity index (χ1n) is 3.91. The summed E-state index contributed by atoms with van der Waals surface area (Å²) in [5.41, 5.74) is 0. The summed E-state index contributed by atoms with van der Waals surface area (Å²) in [7, 11) is 0.626. The summed E-state index contributed by atoms with van der Waals surface area (Å²) in [5.74, 6) is 0. The van der Waals surface area contributed by atoms with Crippen molar-refractivity contribution in [3.8, 4) is 0 Å². The molecule has 0 aliphatic carbocycles. The molecule has 0 radical (unpaired) electrons. The zero-order valence-electron chi connectivity index (χ0n) is 7.53. The van der Waals surface area contributed by atoms with E-state index in [0.717, 1.165) is 0 Å². The van der Waals surface area contributed by atoms with Crippen LogP contribution >= 0.6 is 0 Å². The molecule has 62 valence electrons. The highest BCUT2D eigenvalue weighted by molar-refractivity contribution is 6.71. The molecule has 0 aliphatic heterocycles. The van der Waals surface area contributed by atoms with Crippen LogP contribution in [0.25, 0.3) is 0 Å². The average molecular weight is 161 g/mol. The molecule has 0 heterocycles. The van der Waals surface area contributed by atoms with E-state index in [9.17, 15) is 0 Å². The van der Waals surface area contributed by atoms with Gasteiger partial charge in [-0.25, -0.2) is 0 Å². The van der Waals surface area contributed by atoms with Gasteiger partial charge in [0, 0.05) is 0 Å². The number of hydrogen-bond acceptors (Lipinski definition) is 2. The first-order valence-corrected chi connectivity index (χ1v) is 7.02. The van der Waals surface area contributed by atoms with E-state index in [4.69, 9.17) is 4.43 Å². The van der Waals surface area contributed by atoms with Gasteiger partial charge in [-0.2, -0.15) is 0 Å². The van der Waals surface area contributed by atoms with Gasteiger partial charge in [0.25, 0.3) is 0 Å². The number of hydrogen-bond donors (Lipinski definition) is 1. The summed E-state index contributed by atoms with van der Waals surface area (Å²) >= 11 is 0. The van der Waals surface area contributed by atoms with E-state index in [1.54, 1.807) is 0 Å². The van der Waals surface area contributed by atoms with Crippen molar-refractivity contribution in [2.45, 2.75) is 32.5 Å². The standard InChI is InChI=1S/C7H19NOSi/c1-5-6-10(3,4)9-7-8-2/h8H,5-7H2,1-4H3. The molecular formula is C7H19NOSi. The minimum atomic E-state index is -1.29. The molecule has 3 heteroatoms. The molecule has 1 N–H and O–H groups in total. The smallest absolute Gasteiger partial charge is 0.188 e. The van der Waals surface area contributed by atoms with Gasteiger partial charge in [-0.3, -0.25) is 5.32 Å². The molecule has 0 aromatic carbocycles. The van der Waals surface area contributed by atoms with Crippen LogP contribution in [0.2, 0.25) is 19.1 Å². The average Bonchev–Trinajstić information content (AvgIpc) is 1.84. The first-order chi connectivity index (χ1) is 4.62. The molecule has 0 saturated heterocycles. The summed E-state index contributed by atoms with van der Waals surface area (Å²) in [5, 5.41) is 2.99. The molecule has 2 nitrogen and oxygen atoms in total. The van der Waals surface area contributed by atoms with Crippen LogP contribution in [0.3, 0.4) is 0 Å². The lowest BCUT2D eigenvalue weighted by atomic mass is 10.6. The topological polar surface area (TPSA) is 21.3 Å². The van der Waals surface area contributed by atoms with Crippen molar-refractivity contribution in [3.63, 3.8) is 0 Å². The minimum absolute atomic E-state index is 0.708. The predicted molar refractivity (Wildman–Crippen MR) is 47.6 cm³/mol. The maximum atomic E-state index is 5.65. The van der Waals surface area contributed by atoms with Crippen LogP contribution in [0, 0.1) is 0 Å². The summed E-state index contributed by atoms with van der Waals surface area (Å²) in [6.07, 6.45) is 1.24. The minimum Gasteiger partial charge on any atom is -0.405 e. The molecule has 0 aliphatic rings. The van der Waals surface area contributed by atoms with Gasteiger partial charge >= 0.3 is 0 Å². The normalized spacial score (nSPS) is 12.0. The van der Waals surface area contributed by atoms with Crippen molar-refractivity contribution in [3.05, 3.63) is 0 Å². The third kappa shape index (κ3) is 4.96. The van der Waals surface area contributed by atoms with E-state index in [1.165, 1.54) is 12.5 Å². The van der Waals surface area contributed by atoms with Crippen LogP contribution in [0.1, 0.15) is 13.3 Å². The van der Waals surface area contributed by atoms with Gasteiger partial charge in [-0.05, 0) is 26.2 Å². The third-order valence-corrected chi connectivity index (χ3v) is 4.09. The highest BCUT2D eigenvalue weighted by atomic mass is 28.4. The van der Waals surface area contributed by atoms with Crippen molar-refractivity contribution in [2.75, 3.05) is 13.8 Å². The lowest BCUT2D eigenvalue weighted by Gasteiger charge is -2.21. The van der Waals surface area contributed by atoms with Gasteiger partial charge in [0.2, 0.25) is 0 Å². The van der Waals surface area contributed by atoms with Crippen LogP contribution < -0.4 is 5.32 Å². The van der Waals surface area contributed by atoms with Crippen molar-refractivity contribution in [1.29, 1.82) is 0 Å². The van der Waals surface area contributed by atoms with Crippen LogP contribution in [0.15, 0.2) is 0 Å². The Balaban J connectivity index is 3.42. The van der Waals surface area contributed by atoms with Crippen LogP contribution in [-0.2, 0) is 4.43 Å². The number of nitrogens with one attached hydrogen (secondary N) is 1. The fraction of sp³-hybridized carbons (Fsp3) is 1.00. The molecular weight excluding hydrogens is 142 g/mol. The fourth-order valence-corrected chi connectivity index (χ4v) is 2.83. The van der Waals surface area contributed by atoms with Crippen LogP contribution in [0.4, 0.5) is 0 Å². The van der Waals surface area contributed by atoms with Gasteiger partial charge in [0.15, 0.2) is 8.32 Å². The molecule has 0 amide bonds. The molecule has 0 rings (SSSR count). The zero-order chi connectivity index (χ0) is 8.04. The molecule has 0 spiro atoms. The lowest BCUT2D eigenvalue weighted by molar-refractivity contribution is 0.285. The molecule has 10 heavy (non-hydrogen) atoms. The lowest BCUT2D eigenvalue weighted by Crippen LogP contribution is -2.33. The maximum Gasteiger partial charge on any atom is 0.188 e. The van der Waals surface area contributed by atoms with Gasteiger partial charge in [-0.1, -0.05) is 13.3 Å². The van der Waals surface area contributed by atoms with Gasteiger partial charge in [-0.15, -0.1) is 0 Å². The molecule has 0 aromatic rings. The SMILES string of the molecule is CCC[Si](C)(C)OCNC. The summed E-state index contributed by atoms with van der Waals surface area (Å²) in [6, 6.07) is 1.26. The Labute approximate surface area is 65.1 Å². The molecule has 0 fully saturated rings. The highest BCUT2D eigenvalue weighted by Crippen LogP contribution is 2.11. The van der Waals surface area contributed by atoms with Crippen LogP contribution in [-0.4, -0.2) is 22.1 Å². The highest BCUT2D eigenvalue weighted by Gasteiger charge is 2.19. The molecule has 0 atom stereocenters. The van der Waals surface area contributed by atoms with E-state index in [-0.39, 0.29) is 0 Å². The second kappa shape index (κ2) is 4.88. The van der Waals surface area contributed by atoms with Crippen molar-refractivity contribution < 1.29 is 4.43 Å². The van der Waals surface area contributed by atoms with Crippen molar-refractivity contribution in [2.24, 2.45) is 0 Å². The Morgan fingerprint density at radius 3 is 2.40 bits per heavy atom. The molecule has 0 aromatic heterocycles. The molecule has 0 bridgehead atoms. The van der Waals surface area contributed by atoms with Gasteiger partial charge in [0.05, 0.1) is 6.73 Å². The van der Waals surface area contributed by atoms with E-state index in [1.807, 2.05) is 7.05 Å². The Bertz CT molecular complexity index is 85.7. The zero-order valence-corrected chi connectivity index (χ0v) is 8.53. The fourth-order valence-electron chi connectivity index (χ4n) is 0.942. The number of rotatable bonds is 5. The molecule has 0 saturated carbocycles. The van der Waals surface area contributed by atoms with Gasteiger partial charge in [0.1, 0.15) is 0 Å². The second-order valence-corrected chi connectivity index (χ2v) is 7.46. The monoisotopic (exact) mass is 161 g/mol. The van der Waals surface area contributed by atoms with Crippen molar-refractivity contribution in [1.82, 2.24) is 5.32 Å². The van der Waals surface area contributed by atoms with E-state index in [0.29, 0.717) is 6.73 Å². The Kier molecular flexibility index (Phi) is 4.94. The third-order valence-electron chi connectivity index (χ3n) is 1.46. The van der Waals surface area contributed by atoms with Gasteiger partial charge < -0.3 is 4.43 Å². The first kappa shape index (κ1) is 10.1. The largest absolute Gasteiger partial charge is 0.405 e. The van der Waals surface area contributed by atoms with E-state index in [2.05, 4.69) is 25.3 Å². The predicted octanol–water partition coefficient (Wildman–Crippen LogP) is 1.79. The van der Waals surface area contributed by atoms with E-state index < -0.39 is 8.32 Å². The van der Waals surface area contributed by atoms with Crippen molar-refractivity contribution >= 4 is 8.32 Å². The van der Waals surface area contributed by atoms with Crippen LogP contribution in [0.5, 0.6) is 0 Å². The van der Waals surface area contributed by atoms with E-state index >= 15 is 0 Å². The quantitative estimate of drug-likeness (QED) is 0.490. The summed E-state index contributed by atoms with van der Waals surface area (Å²) < 4.78 is 5.65. The Hall–Kier alpha value is 0.137. The Morgan fingerprint density at radius 2 is 2.00 bits per heavy atom. The molecule has 0 unspecified atom stereocenters. The second-order valence-electron chi connectivity index (χ2n) is 3.15. The Morgan fingerprint density at radius 1 is 1.40 bits per heavy atom. The summed E-state index contributed by atoms with van der Waals surface area (Å²) in [6.45, 7) is 7.43. The summed E-state index contributed by atoms with van der Waals surface area (Å²) in [4.78, 5) is 0.